The van der Waals surface area contributed by atoms with Gasteiger partial charge in [0.05, 0.1) is 46.6 Å². The molecule has 1 aliphatic rings. The number of amides is 2. The Kier molecular flexibility index (Phi) is 9.53. The van der Waals surface area contributed by atoms with Crippen LogP contribution in [-0.2, 0) is 4.79 Å². The van der Waals surface area contributed by atoms with E-state index >= 15 is 0 Å². The van der Waals surface area contributed by atoms with Crippen molar-refractivity contribution in [1.29, 1.82) is 0 Å². The molecule has 1 fully saturated rings. The predicted molar refractivity (Wildman–Crippen MR) is 170 cm³/mol. The lowest BCUT2D eigenvalue weighted by Gasteiger charge is -2.15. The molecule has 234 valence electrons. The summed E-state index contributed by atoms with van der Waals surface area (Å²) in [7, 11) is 6.03. The van der Waals surface area contributed by atoms with Gasteiger partial charge in [0.15, 0.2) is 17.3 Å². The van der Waals surface area contributed by atoms with Gasteiger partial charge in [-0.15, -0.1) is 0 Å². The second-order valence-corrected chi connectivity index (χ2v) is 10.7. The molecule has 11 nitrogen and oxygen atoms in total. The lowest BCUT2D eigenvalue weighted by Crippen LogP contribution is -2.18. The number of carbonyl (C=O) groups excluding carboxylic acids is 2. The van der Waals surface area contributed by atoms with E-state index in [0.717, 1.165) is 17.3 Å². The van der Waals surface area contributed by atoms with Crippen LogP contribution in [0.3, 0.4) is 0 Å². The Balaban J connectivity index is 1.35. The molecule has 5 rings (SSSR count). The lowest BCUT2D eigenvalue weighted by atomic mass is 10.1. The fraction of sp³-hybridized carbons (Fsp3) is 0.242. The largest absolute Gasteiger partial charge is 0.496 e. The van der Waals surface area contributed by atoms with Gasteiger partial charge in [-0.25, -0.2) is 0 Å². The van der Waals surface area contributed by atoms with Gasteiger partial charge in [0.2, 0.25) is 11.2 Å². The minimum Gasteiger partial charge on any atom is -0.496 e. The van der Waals surface area contributed by atoms with Crippen molar-refractivity contribution < 1.29 is 42.4 Å². The number of rotatable bonds is 12. The molecule has 3 aromatic carbocycles. The number of hydrogen-bond acceptors (Lipinski definition) is 11. The standard InChI is InChI=1S/C33H31NO10S/c1-18(31-32(36)34-33(37)45-31)19-7-10-21(11-8-19)42-13-6-14-43-30-28(35)27-25(41-5)16-22(38-2)17-26(27)44-29(30)20-9-12-23(39-3)24(15-20)40-4/h7-12,15-17H,6,13-14H2,1-5H3,(H,34,36,37). The van der Waals surface area contributed by atoms with Gasteiger partial charge < -0.3 is 32.8 Å². The Morgan fingerprint density at radius 1 is 0.778 bits per heavy atom. The van der Waals surface area contributed by atoms with Crippen molar-refractivity contribution in [2.45, 2.75) is 13.3 Å². The summed E-state index contributed by atoms with van der Waals surface area (Å²) >= 11 is 0.888. The molecular formula is C33H31NO10S. The summed E-state index contributed by atoms with van der Waals surface area (Å²) in [5.74, 6) is 2.17. The van der Waals surface area contributed by atoms with Crippen LogP contribution in [0.2, 0.25) is 0 Å². The molecule has 2 amide bonds. The number of carbonyl (C=O) groups is 2. The van der Waals surface area contributed by atoms with Gasteiger partial charge in [-0.2, -0.15) is 0 Å². The zero-order chi connectivity index (χ0) is 32.1. The van der Waals surface area contributed by atoms with Crippen LogP contribution in [0, 0.1) is 0 Å². The van der Waals surface area contributed by atoms with E-state index in [0.29, 0.717) is 57.8 Å². The Labute approximate surface area is 263 Å². The molecule has 1 saturated heterocycles. The molecule has 0 aliphatic carbocycles. The number of imide groups is 1. The number of ether oxygens (including phenoxy) is 6. The normalized spacial score (nSPS) is 13.8. The molecule has 0 saturated carbocycles. The van der Waals surface area contributed by atoms with Gasteiger partial charge in [-0.3, -0.25) is 19.7 Å². The summed E-state index contributed by atoms with van der Waals surface area (Å²) in [5, 5.41) is 2.11. The maximum absolute atomic E-state index is 13.8. The van der Waals surface area contributed by atoms with Gasteiger partial charge in [0.25, 0.3) is 11.1 Å². The van der Waals surface area contributed by atoms with Crippen molar-refractivity contribution in [3.05, 3.63) is 75.3 Å². The third kappa shape index (κ3) is 6.55. The van der Waals surface area contributed by atoms with Crippen LogP contribution in [0.1, 0.15) is 18.9 Å². The quantitative estimate of drug-likeness (QED) is 0.144. The van der Waals surface area contributed by atoms with Gasteiger partial charge in [0, 0.05) is 24.1 Å². The van der Waals surface area contributed by atoms with Gasteiger partial charge in [0.1, 0.15) is 28.2 Å². The van der Waals surface area contributed by atoms with Crippen molar-refractivity contribution in [3.63, 3.8) is 0 Å². The topological polar surface area (TPSA) is 132 Å². The first-order valence-electron chi connectivity index (χ1n) is 13.8. The smallest absolute Gasteiger partial charge is 0.290 e. The highest BCUT2D eigenvalue weighted by atomic mass is 32.2. The average molecular weight is 634 g/mol. The first-order valence-corrected chi connectivity index (χ1v) is 14.6. The highest BCUT2D eigenvalue weighted by Gasteiger charge is 2.27. The molecule has 45 heavy (non-hydrogen) atoms. The molecule has 0 atom stereocenters. The first-order chi connectivity index (χ1) is 21.8. The number of thioether (sulfide) groups is 1. The fourth-order valence-corrected chi connectivity index (χ4v) is 5.48. The molecular weight excluding hydrogens is 602 g/mol. The van der Waals surface area contributed by atoms with E-state index in [-0.39, 0.29) is 34.3 Å². The molecule has 1 aromatic heterocycles. The predicted octanol–water partition coefficient (Wildman–Crippen LogP) is 6.06. The summed E-state index contributed by atoms with van der Waals surface area (Å²) in [6.45, 7) is 2.25. The monoisotopic (exact) mass is 633 g/mol. The van der Waals surface area contributed by atoms with E-state index in [1.165, 1.54) is 28.4 Å². The van der Waals surface area contributed by atoms with Gasteiger partial charge in [-0.05, 0) is 60.2 Å². The molecule has 0 radical (unpaired) electrons. The Morgan fingerprint density at radius 2 is 1.49 bits per heavy atom. The molecule has 12 heteroatoms. The molecule has 1 N–H and O–H groups in total. The molecule has 0 unspecified atom stereocenters. The first kappa shape index (κ1) is 31.3. The zero-order valence-electron chi connectivity index (χ0n) is 25.3. The minimum atomic E-state index is -0.405. The number of allylic oxidation sites excluding steroid dienone is 1. The van der Waals surface area contributed by atoms with Crippen molar-refractivity contribution in [1.82, 2.24) is 5.32 Å². The maximum Gasteiger partial charge on any atom is 0.290 e. The fourth-order valence-electron chi connectivity index (χ4n) is 4.74. The minimum absolute atomic E-state index is 0.0124. The van der Waals surface area contributed by atoms with Crippen molar-refractivity contribution >= 4 is 39.5 Å². The van der Waals surface area contributed by atoms with E-state index in [9.17, 15) is 14.4 Å². The van der Waals surface area contributed by atoms with Crippen molar-refractivity contribution in [2.24, 2.45) is 0 Å². The highest BCUT2D eigenvalue weighted by Crippen LogP contribution is 2.39. The van der Waals surface area contributed by atoms with Crippen LogP contribution in [0.15, 0.2) is 68.7 Å². The van der Waals surface area contributed by atoms with Gasteiger partial charge in [-0.1, -0.05) is 12.1 Å². The number of nitrogens with one attached hydrogen (secondary N) is 1. The van der Waals surface area contributed by atoms with Crippen molar-refractivity contribution in [2.75, 3.05) is 41.7 Å². The zero-order valence-corrected chi connectivity index (χ0v) is 26.1. The number of methoxy groups -OCH3 is 4. The summed E-state index contributed by atoms with van der Waals surface area (Å²) in [4.78, 5) is 37.7. The van der Waals surface area contributed by atoms with E-state index in [1.54, 1.807) is 49.4 Å². The molecule has 2 heterocycles. The molecule has 4 aromatic rings. The van der Waals surface area contributed by atoms with Crippen LogP contribution in [-0.4, -0.2) is 52.8 Å². The maximum atomic E-state index is 13.8. The molecule has 1 aliphatic heterocycles. The third-order valence-electron chi connectivity index (χ3n) is 7.04. The number of benzene rings is 3. The van der Waals surface area contributed by atoms with Crippen LogP contribution < -0.4 is 39.2 Å². The summed E-state index contributed by atoms with van der Waals surface area (Å²) < 4.78 is 39.9. The van der Waals surface area contributed by atoms with Crippen LogP contribution in [0.25, 0.3) is 27.9 Å². The Hall–Kier alpha value is -5.10. The van der Waals surface area contributed by atoms with E-state index < -0.39 is 11.3 Å². The Morgan fingerprint density at radius 3 is 2.13 bits per heavy atom. The molecule has 0 bridgehead atoms. The van der Waals surface area contributed by atoms with Crippen molar-refractivity contribution in [3.8, 4) is 45.8 Å². The average Bonchev–Trinajstić information content (AvgIpc) is 3.41. The van der Waals surface area contributed by atoms with E-state index in [4.69, 9.17) is 32.8 Å². The SMILES string of the molecule is COc1cc(OC)c2c(=O)c(OCCCOc3ccc(C(C)=C4SC(=O)NC4=O)cc3)c(-c3ccc(OC)c(OC)c3)oc2c1. The summed E-state index contributed by atoms with van der Waals surface area (Å²) in [6.07, 6.45) is 0.451. The highest BCUT2D eigenvalue weighted by molar-refractivity contribution is 8.18. The van der Waals surface area contributed by atoms with Crippen LogP contribution in [0.5, 0.6) is 34.5 Å². The lowest BCUT2D eigenvalue weighted by molar-refractivity contribution is -0.115. The summed E-state index contributed by atoms with van der Waals surface area (Å²) in [5.41, 5.74) is 1.92. The van der Waals surface area contributed by atoms with E-state index in [2.05, 4.69) is 5.32 Å². The van der Waals surface area contributed by atoms with Gasteiger partial charge >= 0.3 is 0 Å². The number of fused-ring (bicyclic) bond motifs is 1. The third-order valence-corrected chi connectivity index (χ3v) is 8.02. The number of hydrogen-bond donors (Lipinski definition) is 1. The van der Waals surface area contributed by atoms with Crippen LogP contribution in [0.4, 0.5) is 4.79 Å². The second-order valence-electron chi connectivity index (χ2n) is 9.73. The van der Waals surface area contributed by atoms with E-state index in [1.807, 2.05) is 12.1 Å². The second kappa shape index (κ2) is 13.7. The Bertz CT molecular complexity index is 1850. The van der Waals surface area contributed by atoms with Crippen LogP contribution >= 0.6 is 11.8 Å². The summed E-state index contributed by atoms with van der Waals surface area (Å²) in [6, 6.07) is 15.6. The molecule has 0 spiro atoms.